The summed E-state index contributed by atoms with van der Waals surface area (Å²) in [5.41, 5.74) is 3.16. The van der Waals surface area contributed by atoms with Gasteiger partial charge in [0.2, 0.25) is 0 Å². The molecule has 2 amide bonds. The topological polar surface area (TPSA) is 84.3 Å². The summed E-state index contributed by atoms with van der Waals surface area (Å²) in [7, 11) is 0. The second-order valence-corrected chi connectivity index (χ2v) is 7.88. The fourth-order valence-corrected chi connectivity index (χ4v) is 4.21. The summed E-state index contributed by atoms with van der Waals surface area (Å²) in [4.78, 5) is 40.3. The van der Waals surface area contributed by atoms with Crippen molar-refractivity contribution in [2.75, 3.05) is 16.8 Å². The predicted octanol–water partition coefficient (Wildman–Crippen LogP) is 3.87. The lowest BCUT2D eigenvalue weighted by Gasteiger charge is -2.17. The smallest absolute Gasteiger partial charge is 0.276 e. The van der Waals surface area contributed by atoms with Crippen LogP contribution in [0.15, 0.2) is 77.6 Å². The van der Waals surface area contributed by atoms with Crippen LogP contribution < -0.4 is 15.8 Å². The van der Waals surface area contributed by atoms with E-state index in [4.69, 9.17) is 0 Å². The molecular weight excluding hydrogens is 416 g/mol. The third-order valence-electron chi connectivity index (χ3n) is 5.90. The van der Waals surface area contributed by atoms with Crippen LogP contribution in [0.5, 0.6) is 0 Å². The average Bonchev–Trinajstić information content (AvgIpc) is 3.28. The lowest BCUT2D eigenvalue weighted by molar-refractivity contribution is 0.0988. The van der Waals surface area contributed by atoms with Crippen molar-refractivity contribution in [2.45, 2.75) is 19.9 Å². The summed E-state index contributed by atoms with van der Waals surface area (Å²) in [6.45, 7) is 2.82. The number of aryl methyl sites for hydroxylation is 1. The Hall–Kier alpha value is -4.26. The minimum Gasteiger partial charge on any atom is -0.321 e. The number of benzene rings is 3. The molecule has 0 fully saturated rings. The number of hydrogen-bond donors (Lipinski definition) is 1. The molecule has 33 heavy (non-hydrogen) atoms. The summed E-state index contributed by atoms with van der Waals surface area (Å²) in [6.07, 6.45) is 0.844. The van der Waals surface area contributed by atoms with Crippen molar-refractivity contribution in [2.24, 2.45) is 0 Å². The molecule has 164 valence electrons. The summed E-state index contributed by atoms with van der Waals surface area (Å²) in [5, 5.41) is 8.05. The zero-order valence-corrected chi connectivity index (χ0v) is 18.1. The molecule has 2 heterocycles. The van der Waals surface area contributed by atoms with Gasteiger partial charge in [0.15, 0.2) is 5.69 Å². The first-order chi connectivity index (χ1) is 16.1. The highest BCUT2D eigenvalue weighted by Crippen LogP contribution is 2.29. The van der Waals surface area contributed by atoms with Gasteiger partial charge < -0.3 is 10.2 Å². The van der Waals surface area contributed by atoms with Gasteiger partial charge in [-0.15, -0.1) is 0 Å². The van der Waals surface area contributed by atoms with Gasteiger partial charge >= 0.3 is 0 Å². The lowest BCUT2D eigenvalue weighted by atomic mass is 10.1. The Morgan fingerprint density at radius 2 is 1.64 bits per heavy atom. The number of carbonyl (C=O) groups excluding carboxylic acids is 2. The van der Waals surface area contributed by atoms with E-state index < -0.39 is 5.91 Å². The van der Waals surface area contributed by atoms with Crippen LogP contribution >= 0.6 is 0 Å². The second-order valence-electron chi connectivity index (χ2n) is 7.88. The Balaban J connectivity index is 1.38. The molecule has 3 aromatic carbocycles. The molecule has 1 aliphatic rings. The van der Waals surface area contributed by atoms with Crippen LogP contribution in [0.2, 0.25) is 0 Å². The van der Waals surface area contributed by atoms with E-state index in [2.05, 4.69) is 10.4 Å². The summed E-state index contributed by atoms with van der Waals surface area (Å²) in [6, 6.07) is 21.7. The van der Waals surface area contributed by atoms with Crippen molar-refractivity contribution in [3.05, 3.63) is 100.0 Å². The second kappa shape index (κ2) is 8.35. The summed E-state index contributed by atoms with van der Waals surface area (Å²) in [5.74, 6) is -0.485. The number of anilines is 2. The zero-order chi connectivity index (χ0) is 22.9. The van der Waals surface area contributed by atoms with Crippen LogP contribution in [0.25, 0.3) is 10.8 Å². The molecule has 0 saturated carbocycles. The molecule has 0 radical (unpaired) electrons. The third-order valence-corrected chi connectivity index (χ3v) is 5.90. The van der Waals surface area contributed by atoms with Gasteiger partial charge in [0, 0.05) is 35.4 Å². The van der Waals surface area contributed by atoms with E-state index in [0.29, 0.717) is 35.1 Å². The van der Waals surface area contributed by atoms with Gasteiger partial charge in [-0.1, -0.05) is 36.4 Å². The molecule has 7 heteroatoms. The van der Waals surface area contributed by atoms with E-state index >= 15 is 0 Å². The molecular formula is C26H22N4O3. The molecule has 0 unspecified atom stereocenters. The number of para-hydroxylation sites is 1. The number of rotatable bonds is 4. The van der Waals surface area contributed by atoms with Crippen LogP contribution in [-0.4, -0.2) is 28.1 Å². The van der Waals surface area contributed by atoms with E-state index in [1.165, 1.54) is 10.2 Å². The number of fused-ring (bicyclic) bond motifs is 2. The normalized spacial score (nSPS) is 12.6. The summed E-state index contributed by atoms with van der Waals surface area (Å²) >= 11 is 0. The first-order valence-corrected chi connectivity index (χ1v) is 10.9. The zero-order valence-electron chi connectivity index (χ0n) is 18.1. The van der Waals surface area contributed by atoms with Crippen LogP contribution in [0, 0.1) is 0 Å². The van der Waals surface area contributed by atoms with Crippen molar-refractivity contribution in [1.29, 1.82) is 0 Å². The van der Waals surface area contributed by atoms with E-state index in [1.54, 1.807) is 60.4 Å². The number of aromatic nitrogens is 2. The minimum atomic E-state index is -0.416. The lowest BCUT2D eigenvalue weighted by Crippen LogP contribution is -2.29. The number of nitrogens with one attached hydrogen (secondary N) is 1. The van der Waals surface area contributed by atoms with E-state index in [9.17, 15) is 14.4 Å². The molecule has 0 saturated heterocycles. The maximum Gasteiger partial charge on any atom is 0.276 e. The van der Waals surface area contributed by atoms with Crippen molar-refractivity contribution in [3.63, 3.8) is 0 Å². The Morgan fingerprint density at radius 1 is 0.939 bits per heavy atom. The molecule has 1 aliphatic heterocycles. The van der Waals surface area contributed by atoms with Crippen molar-refractivity contribution in [3.8, 4) is 0 Å². The summed E-state index contributed by atoms with van der Waals surface area (Å²) < 4.78 is 1.28. The van der Waals surface area contributed by atoms with E-state index in [0.717, 1.165) is 12.1 Å². The largest absolute Gasteiger partial charge is 0.321 e. The molecule has 7 nitrogen and oxygen atoms in total. The maximum atomic E-state index is 13.0. The van der Waals surface area contributed by atoms with Gasteiger partial charge in [-0.05, 0) is 55.3 Å². The SMILES string of the molecule is CCn1nc(C(=O)Nc2ccc(C(=O)N3CCc4ccccc43)cc2)c2ccccc2c1=O. The van der Waals surface area contributed by atoms with Crippen molar-refractivity contribution >= 4 is 34.0 Å². The molecule has 5 rings (SSSR count). The Bertz CT molecular complexity index is 1440. The van der Waals surface area contributed by atoms with Crippen molar-refractivity contribution < 1.29 is 9.59 Å². The van der Waals surface area contributed by atoms with Crippen LogP contribution in [0.1, 0.15) is 33.3 Å². The molecule has 0 atom stereocenters. The minimum absolute atomic E-state index is 0.0690. The van der Waals surface area contributed by atoms with E-state index in [-0.39, 0.29) is 17.2 Å². The van der Waals surface area contributed by atoms with Gasteiger partial charge in [-0.3, -0.25) is 14.4 Å². The molecule has 4 aromatic rings. The number of amides is 2. The quantitative estimate of drug-likeness (QED) is 0.524. The van der Waals surface area contributed by atoms with Crippen molar-refractivity contribution in [1.82, 2.24) is 9.78 Å². The Morgan fingerprint density at radius 3 is 2.39 bits per heavy atom. The number of hydrogen-bond acceptors (Lipinski definition) is 4. The van der Waals surface area contributed by atoms with Gasteiger partial charge in [-0.25, -0.2) is 4.68 Å². The third kappa shape index (κ3) is 3.67. The molecule has 1 N–H and O–H groups in total. The first kappa shape index (κ1) is 20.6. The van der Waals surface area contributed by atoms with E-state index in [1.807, 2.05) is 24.3 Å². The first-order valence-electron chi connectivity index (χ1n) is 10.9. The molecule has 1 aromatic heterocycles. The highest BCUT2D eigenvalue weighted by Gasteiger charge is 2.25. The van der Waals surface area contributed by atoms with Crippen LogP contribution in [0.4, 0.5) is 11.4 Å². The molecule has 0 aliphatic carbocycles. The number of carbonyl (C=O) groups is 2. The highest BCUT2D eigenvalue weighted by molar-refractivity contribution is 6.11. The Labute approximate surface area is 190 Å². The molecule has 0 spiro atoms. The fraction of sp³-hybridized carbons (Fsp3) is 0.154. The average molecular weight is 438 g/mol. The van der Waals surface area contributed by atoms with Gasteiger partial charge in [0.25, 0.3) is 17.4 Å². The maximum absolute atomic E-state index is 13.0. The van der Waals surface area contributed by atoms with Gasteiger partial charge in [-0.2, -0.15) is 5.10 Å². The van der Waals surface area contributed by atoms with Gasteiger partial charge in [0.05, 0.1) is 5.39 Å². The Kier molecular flexibility index (Phi) is 5.22. The number of nitrogens with zero attached hydrogens (tertiary/aromatic N) is 3. The van der Waals surface area contributed by atoms with Crippen LogP contribution in [-0.2, 0) is 13.0 Å². The molecule has 0 bridgehead atoms. The fourth-order valence-electron chi connectivity index (χ4n) is 4.21. The monoisotopic (exact) mass is 438 g/mol. The highest BCUT2D eigenvalue weighted by atomic mass is 16.2. The standard InChI is InChI=1S/C26H22N4O3/c1-2-30-26(33)21-9-5-4-8-20(21)23(28-30)24(31)27-19-13-11-18(12-14-19)25(32)29-16-15-17-7-3-6-10-22(17)29/h3-14H,2,15-16H2,1H3,(H,27,31). The van der Waals surface area contributed by atoms with Gasteiger partial charge in [0.1, 0.15) is 0 Å². The van der Waals surface area contributed by atoms with Crippen LogP contribution in [0.3, 0.4) is 0 Å². The predicted molar refractivity (Wildman–Crippen MR) is 128 cm³/mol.